The number of nitrogens with zero attached hydrogens (tertiary/aromatic N) is 1. The van der Waals surface area contributed by atoms with Gasteiger partial charge >= 0.3 is 0 Å². The Morgan fingerprint density at radius 3 is 2.46 bits per heavy atom. The summed E-state index contributed by atoms with van der Waals surface area (Å²) in [6.07, 6.45) is 2.31. The first-order chi connectivity index (χ1) is 13.6. The van der Waals surface area contributed by atoms with Crippen molar-refractivity contribution in [3.05, 3.63) is 54.6 Å². The zero-order valence-corrected chi connectivity index (χ0v) is 17.1. The van der Waals surface area contributed by atoms with Crippen molar-refractivity contribution in [2.45, 2.75) is 26.7 Å². The number of rotatable bonds is 8. The second-order valence-corrected chi connectivity index (χ2v) is 8.06. The van der Waals surface area contributed by atoms with Gasteiger partial charge < -0.3 is 15.0 Å². The summed E-state index contributed by atoms with van der Waals surface area (Å²) in [5.41, 5.74) is 2.09. The van der Waals surface area contributed by atoms with Crippen LogP contribution in [0.3, 0.4) is 0 Å². The summed E-state index contributed by atoms with van der Waals surface area (Å²) in [6.45, 7) is 8.80. The van der Waals surface area contributed by atoms with Crippen molar-refractivity contribution in [1.82, 2.24) is 10.2 Å². The van der Waals surface area contributed by atoms with Gasteiger partial charge in [-0.1, -0.05) is 62.4 Å². The number of likely N-dealkylation sites (tertiary alicyclic amines) is 1. The van der Waals surface area contributed by atoms with Crippen LogP contribution in [0.4, 0.5) is 0 Å². The normalized spacial score (nSPS) is 19.9. The Morgan fingerprint density at radius 1 is 1.04 bits per heavy atom. The van der Waals surface area contributed by atoms with E-state index in [2.05, 4.69) is 24.1 Å². The number of hydrogen-bond donors (Lipinski definition) is 1. The number of para-hydroxylation sites is 1. The molecular weight excluding hydrogens is 348 g/mol. The number of nitrogens with one attached hydrogen (secondary N) is 1. The van der Waals surface area contributed by atoms with E-state index in [9.17, 15) is 4.79 Å². The monoisotopic (exact) mass is 380 g/mol. The lowest BCUT2D eigenvalue weighted by Gasteiger charge is -2.34. The molecule has 0 aliphatic carbocycles. The molecule has 28 heavy (non-hydrogen) atoms. The minimum absolute atomic E-state index is 0.0433. The maximum Gasteiger partial charge on any atom is 0.257 e. The molecule has 150 valence electrons. The van der Waals surface area contributed by atoms with Gasteiger partial charge in [-0.15, -0.1) is 0 Å². The zero-order valence-electron chi connectivity index (χ0n) is 17.1. The highest BCUT2D eigenvalue weighted by Crippen LogP contribution is 2.29. The lowest BCUT2D eigenvalue weighted by atomic mass is 9.92. The largest absolute Gasteiger partial charge is 0.483 e. The van der Waals surface area contributed by atoms with Gasteiger partial charge in [0.1, 0.15) is 5.75 Å². The number of carbonyl (C=O) groups excluding carboxylic acids is 1. The third kappa shape index (κ3) is 6.10. The van der Waals surface area contributed by atoms with Crippen molar-refractivity contribution in [3.8, 4) is 16.9 Å². The van der Waals surface area contributed by atoms with Gasteiger partial charge in [0.2, 0.25) is 0 Å². The smallest absolute Gasteiger partial charge is 0.257 e. The average molecular weight is 381 g/mol. The van der Waals surface area contributed by atoms with Crippen LogP contribution >= 0.6 is 0 Å². The van der Waals surface area contributed by atoms with Crippen LogP contribution in [0.2, 0.25) is 0 Å². The topological polar surface area (TPSA) is 41.6 Å². The van der Waals surface area contributed by atoms with Gasteiger partial charge in [-0.3, -0.25) is 4.79 Å². The average Bonchev–Trinajstić information content (AvgIpc) is 2.70. The molecule has 1 aliphatic heterocycles. The van der Waals surface area contributed by atoms with Crippen LogP contribution in [0.1, 0.15) is 26.7 Å². The first-order valence-corrected chi connectivity index (χ1v) is 10.4. The summed E-state index contributed by atoms with van der Waals surface area (Å²) in [5, 5.41) is 2.98. The van der Waals surface area contributed by atoms with Crippen molar-refractivity contribution in [1.29, 1.82) is 0 Å². The van der Waals surface area contributed by atoms with Crippen molar-refractivity contribution in [2.24, 2.45) is 11.8 Å². The van der Waals surface area contributed by atoms with E-state index >= 15 is 0 Å². The molecule has 2 aromatic rings. The van der Waals surface area contributed by atoms with E-state index in [1.165, 1.54) is 19.5 Å². The highest BCUT2D eigenvalue weighted by Gasteiger charge is 2.21. The Bertz CT molecular complexity index is 737. The second-order valence-electron chi connectivity index (χ2n) is 8.06. The quantitative estimate of drug-likeness (QED) is 0.697. The summed E-state index contributed by atoms with van der Waals surface area (Å²) in [6, 6.07) is 17.9. The molecule has 1 heterocycles. The molecule has 1 fully saturated rings. The predicted octanol–water partition coefficient (Wildman–Crippen LogP) is 4.22. The van der Waals surface area contributed by atoms with E-state index in [-0.39, 0.29) is 12.5 Å². The molecule has 1 N–H and O–H groups in total. The Hall–Kier alpha value is -2.33. The second kappa shape index (κ2) is 10.3. The fourth-order valence-corrected chi connectivity index (χ4v) is 4.15. The van der Waals surface area contributed by atoms with Crippen LogP contribution < -0.4 is 10.1 Å². The molecule has 0 aromatic heterocycles. The summed E-state index contributed by atoms with van der Waals surface area (Å²) < 4.78 is 5.81. The lowest BCUT2D eigenvalue weighted by molar-refractivity contribution is -0.123. The van der Waals surface area contributed by atoms with Crippen LogP contribution in [-0.2, 0) is 4.79 Å². The van der Waals surface area contributed by atoms with Crippen molar-refractivity contribution < 1.29 is 9.53 Å². The molecule has 2 aromatic carbocycles. The molecule has 1 aliphatic rings. The molecular formula is C24H32N2O2. The van der Waals surface area contributed by atoms with Gasteiger partial charge in [-0.05, 0) is 42.9 Å². The number of benzene rings is 2. The van der Waals surface area contributed by atoms with Gasteiger partial charge in [-0.2, -0.15) is 0 Å². The maximum absolute atomic E-state index is 12.2. The van der Waals surface area contributed by atoms with Gasteiger partial charge in [0.05, 0.1) is 0 Å². The summed E-state index contributed by atoms with van der Waals surface area (Å²) in [4.78, 5) is 14.7. The molecule has 4 heteroatoms. The number of carbonyl (C=O) groups is 1. The molecule has 1 amide bonds. The van der Waals surface area contributed by atoms with Crippen LogP contribution in [0, 0.1) is 11.8 Å². The first-order valence-electron chi connectivity index (χ1n) is 10.4. The maximum atomic E-state index is 12.2. The van der Waals surface area contributed by atoms with Crippen LogP contribution in [0.5, 0.6) is 5.75 Å². The lowest BCUT2D eigenvalue weighted by Crippen LogP contribution is -2.40. The Labute approximate surface area is 168 Å². The van der Waals surface area contributed by atoms with Gasteiger partial charge in [0.25, 0.3) is 5.91 Å². The van der Waals surface area contributed by atoms with Gasteiger partial charge in [0.15, 0.2) is 6.61 Å². The zero-order chi connectivity index (χ0) is 19.8. The number of piperidine rings is 1. The van der Waals surface area contributed by atoms with Crippen molar-refractivity contribution in [3.63, 3.8) is 0 Å². The number of amides is 1. The highest BCUT2D eigenvalue weighted by molar-refractivity contribution is 5.78. The van der Waals surface area contributed by atoms with E-state index in [1.807, 2.05) is 54.6 Å². The third-order valence-electron chi connectivity index (χ3n) is 5.25. The van der Waals surface area contributed by atoms with Crippen molar-refractivity contribution >= 4 is 5.91 Å². The summed E-state index contributed by atoms with van der Waals surface area (Å²) in [5.74, 6) is 2.22. The molecule has 0 spiro atoms. The first kappa shape index (κ1) is 20.4. The van der Waals surface area contributed by atoms with Crippen LogP contribution in [0.15, 0.2) is 54.6 Å². The fourth-order valence-electron chi connectivity index (χ4n) is 4.15. The van der Waals surface area contributed by atoms with Crippen molar-refractivity contribution in [2.75, 3.05) is 32.8 Å². The van der Waals surface area contributed by atoms with E-state index in [4.69, 9.17) is 4.74 Å². The van der Waals surface area contributed by atoms with Crippen LogP contribution in [-0.4, -0.2) is 43.6 Å². The standard InChI is InChI=1S/C24H32N2O2/c1-19-15-20(2)17-26(16-19)14-8-13-25-24(27)18-28-23-12-7-6-11-22(23)21-9-4-3-5-10-21/h3-7,9-12,19-20H,8,13-18H2,1-2H3,(H,25,27)/t19-,20+. The van der Waals surface area contributed by atoms with Gasteiger partial charge in [0, 0.05) is 25.2 Å². The van der Waals surface area contributed by atoms with Crippen LogP contribution in [0.25, 0.3) is 11.1 Å². The van der Waals surface area contributed by atoms with Gasteiger partial charge in [-0.25, -0.2) is 0 Å². The Balaban J connectivity index is 1.41. The van der Waals surface area contributed by atoms with E-state index < -0.39 is 0 Å². The molecule has 4 nitrogen and oxygen atoms in total. The summed E-state index contributed by atoms with van der Waals surface area (Å²) >= 11 is 0. The van der Waals surface area contributed by atoms with E-state index in [0.29, 0.717) is 6.54 Å². The summed E-state index contributed by atoms with van der Waals surface area (Å²) in [7, 11) is 0. The highest BCUT2D eigenvalue weighted by atomic mass is 16.5. The fraction of sp³-hybridized carbons (Fsp3) is 0.458. The minimum Gasteiger partial charge on any atom is -0.483 e. The Kier molecular flexibility index (Phi) is 7.49. The molecule has 3 rings (SSSR count). The Morgan fingerprint density at radius 2 is 1.71 bits per heavy atom. The van der Waals surface area contributed by atoms with E-state index in [1.54, 1.807) is 0 Å². The number of hydrogen-bond acceptors (Lipinski definition) is 3. The third-order valence-corrected chi connectivity index (χ3v) is 5.25. The SMILES string of the molecule is C[C@@H]1C[C@H](C)CN(CCCNC(=O)COc2ccccc2-c2ccccc2)C1. The molecule has 0 saturated carbocycles. The molecule has 0 unspecified atom stereocenters. The molecule has 2 atom stereocenters. The molecule has 0 radical (unpaired) electrons. The molecule has 0 bridgehead atoms. The number of ether oxygens (including phenoxy) is 1. The molecule has 1 saturated heterocycles. The van der Waals surface area contributed by atoms with E-state index in [0.717, 1.165) is 41.7 Å². The minimum atomic E-state index is -0.0664. The predicted molar refractivity (Wildman–Crippen MR) is 114 cm³/mol.